The standard InChI is InChI=1S/C23H21FN8O3/c1-12(33)13-5-6-20(26-10-13)31-7-3-4-15(23(31)35)28-19-9-17(25-2)21-27-11-18(32(21)30-19)22(34)29-16-8-14(16)24/h3-7,9-11,14,16,25H,8H2,1-2H3,(H,28,30)(H,29,34). The lowest BCUT2D eigenvalue weighted by molar-refractivity contribution is 0.0939. The number of alkyl halides is 1. The molecule has 4 aromatic rings. The van der Waals surface area contributed by atoms with Crippen molar-refractivity contribution >= 4 is 34.5 Å². The number of hydrogen-bond donors (Lipinski definition) is 3. The second kappa shape index (κ2) is 8.63. The van der Waals surface area contributed by atoms with E-state index in [-0.39, 0.29) is 29.4 Å². The SMILES string of the molecule is CNc1cc(Nc2cccn(-c3ccc(C(C)=O)cn3)c2=O)nn2c(C(=O)NC3CC3F)cnc12. The van der Waals surface area contributed by atoms with Gasteiger partial charge in [-0.25, -0.2) is 18.9 Å². The molecule has 11 nitrogen and oxygen atoms in total. The van der Waals surface area contributed by atoms with Gasteiger partial charge in [-0.3, -0.25) is 19.0 Å². The van der Waals surface area contributed by atoms with Crippen molar-refractivity contribution in [3.8, 4) is 5.82 Å². The van der Waals surface area contributed by atoms with Crippen molar-refractivity contribution in [2.75, 3.05) is 17.7 Å². The summed E-state index contributed by atoms with van der Waals surface area (Å²) in [5, 5.41) is 13.0. The number of pyridine rings is 2. The van der Waals surface area contributed by atoms with Crippen LogP contribution in [0.3, 0.4) is 0 Å². The summed E-state index contributed by atoms with van der Waals surface area (Å²) >= 11 is 0. The Bertz CT molecular complexity index is 1510. The van der Waals surface area contributed by atoms with E-state index in [1.165, 1.54) is 28.4 Å². The highest BCUT2D eigenvalue weighted by molar-refractivity contribution is 5.94. The Kier molecular flexibility index (Phi) is 5.47. The van der Waals surface area contributed by atoms with E-state index in [2.05, 4.69) is 31.0 Å². The minimum atomic E-state index is -1.04. The number of rotatable bonds is 7. The Morgan fingerprint density at radius 3 is 2.60 bits per heavy atom. The highest BCUT2D eigenvalue weighted by Crippen LogP contribution is 2.26. The number of anilines is 3. The zero-order valence-corrected chi connectivity index (χ0v) is 18.8. The van der Waals surface area contributed by atoms with Gasteiger partial charge in [-0.05, 0) is 31.2 Å². The summed E-state index contributed by atoms with van der Waals surface area (Å²) in [6.07, 6.45) is 3.59. The van der Waals surface area contributed by atoms with E-state index >= 15 is 0 Å². The Hall–Kier alpha value is -4.61. The fourth-order valence-corrected chi connectivity index (χ4v) is 3.57. The van der Waals surface area contributed by atoms with Crippen LogP contribution in [0.4, 0.5) is 21.6 Å². The molecule has 2 atom stereocenters. The number of ketones is 1. The first kappa shape index (κ1) is 22.2. The minimum absolute atomic E-state index is 0.122. The molecule has 35 heavy (non-hydrogen) atoms. The van der Waals surface area contributed by atoms with E-state index in [9.17, 15) is 18.8 Å². The van der Waals surface area contributed by atoms with Gasteiger partial charge in [-0.1, -0.05) is 0 Å². The summed E-state index contributed by atoms with van der Waals surface area (Å²) in [5.41, 5.74) is 1.36. The van der Waals surface area contributed by atoms with Crippen molar-refractivity contribution in [3.63, 3.8) is 0 Å². The van der Waals surface area contributed by atoms with E-state index in [0.717, 1.165) is 0 Å². The largest absolute Gasteiger partial charge is 0.385 e. The average Bonchev–Trinajstić information content (AvgIpc) is 3.36. The number of carbonyl (C=O) groups excluding carboxylic acids is 2. The molecule has 0 radical (unpaired) electrons. The fraction of sp³-hybridized carbons (Fsp3) is 0.217. The van der Waals surface area contributed by atoms with Gasteiger partial charge in [0.2, 0.25) is 0 Å². The van der Waals surface area contributed by atoms with Crippen molar-refractivity contribution in [1.82, 2.24) is 29.5 Å². The monoisotopic (exact) mass is 476 g/mol. The summed E-state index contributed by atoms with van der Waals surface area (Å²) in [7, 11) is 1.69. The number of hydrogen-bond acceptors (Lipinski definition) is 8. The fourth-order valence-electron chi connectivity index (χ4n) is 3.57. The van der Waals surface area contributed by atoms with Crippen molar-refractivity contribution in [1.29, 1.82) is 0 Å². The summed E-state index contributed by atoms with van der Waals surface area (Å²) in [6, 6.07) is 7.59. The number of imidazole rings is 1. The molecular formula is C23H21FN8O3. The van der Waals surface area contributed by atoms with Gasteiger partial charge in [0, 0.05) is 37.5 Å². The molecule has 12 heteroatoms. The number of fused-ring (bicyclic) bond motifs is 1. The van der Waals surface area contributed by atoms with E-state index in [0.29, 0.717) is 22.7 Å². The molecule has 3 N–H and O–H groups in total. The molecule has 0 spiro atoms. The molecule has 0 saturated heterocycles. The molecule has 4 heterocycles. The Morgan fingerprint density at radius 2 is 1.94 bits per heavy atom. The van der Waals surface area contributed by atoms with E-state index < -0.39 is 23.7 Å². The number of nitrogens with zero attached hydrogens (tertiary/aromatic N) is 5. The third-order valence-electron chi connectivity index (χ3n) is 5.61. The molecule has 0 aliphatic heterocycles. The van der Waals surface area contributed by atoms with Crippen LogP contribution < -0.4 is 21.5 Å². The first-order valence-corrected chi connectivity index (χ1v) is 10.8. The Morgan fingerprint density at radius 1 is 1.14 bits per heavy atom. The molecule has 1 amide bonds. The maximum Gasteiger partial charge on any atom is 0.279 e. The van der Waals surface area contributed by atoms with Crippen LogP contribution in [0.15, 0.2) is 53.7 Å². The number of amides is 1. The molecule has 2 unspecified atom stereocenters. The first-order valence-electron chi connectivity index (χ1n) is 10.8. The molecular weight excluding hydrogens is 455 g/mol. The lowest BCUT2D eigenvalue weighted by Crippen LogP contribution is -2.28. The predicted octanol–water partition coefficient (Wildman–Crippen LogP) is 2.10. The molecule has 178 valence electrons. The van der Waals surface area contributed by atoms with Gasteiger partial charge in [0.05, 0.1) is 17.9 Å². The maximum atomic E-state index is 13.2. The van der Waals surface area contributed by atoms with Gasteiger partial charge in [-0.2, -0.15) is 0 Å². The second-order valence-electron chi connectivity index (χ2n) is 8.09. The van der Waals surface area contributed by atoms with Crippen LogP contribution >= 0.6 is 0 Å². The zero-order valence-electron chi connectivity index (χ0n) is 18.8. The minimum Gasteiger partial charge on any atom is -0.385 e. The Labute approximate surface area is 198 Å². The van der Waals surface area contributed by atoms with Gasteiger partial charge < -0.3 is 16.0 Å². The van der Waals surface area contributed by atoms with Crippen LogP contribution in [-0.2, 0) is 0 Å². The molecule has 4 aromatic heterocycles. The topological polar surface area (TPSA) is 135 Å². The molecule has 1 saturated carbocycles. The number of Topliss-reactive ketones (excluding diaryl/α,β-unsaturated/α-hetero) is 1. The average molecular weight is 476 g/mol. The third-order valence-corrected chi connectivity index (χ3v) is 5.61. The second-order valence-corrected chi connectivity index (χ2v) is 8.09. The number of halogens is 1. The third kappa shape index (κ3) is 4.21. The van der Waals surface area contributed by atoms with Gasteiger partial charge in [0.25, 0.3) is 11.5 Å². The lowest BCUT2D eigenvalue weighted by Gasteiger charge is -2.12. The van der Waals surface area contributed by atoms with Crippen LogP contribution in [0.5, 0.6) is 0 Å². The molecule has 5 rings (SSSR count). The van der Waals surface area contributed by atoms with Crippen LogP contribution in [0.1, 0.15) is 34.2 Å². The number of nitrogens with one attached hydrogen (secondary N) is 3. The van der Waals surface area contributed by atoms with E-state index in [4.69, 9.17) is 0 Å². The van der Waals surface area contributed by atoms with Gasteiger partial charge in [0.15, 0.2) is 22.9 Å². The highest BCUT2D eigenvalue weighted by Gasteiger charge is 2.39. The zero-order chi connectivity index (χ0) is 24.7. The van der Waals surface area contributed by atoms with Crippen LogP contribution in [-0.4, -0.2) is 55.1 Å². The Balaban J connectivity index is 1.49. The molecule has 1 aliphatic carbocycles. The number of carbonyl (C=O) groups is 2. The quantitative estimate of drug-likeness (QED) is 0.345. The van der Waals surface area contributed by atoms with Gasteiger partial charge in [0.1, 0.15) is 17.7 Å². The van der Waals surface area contributed by atoms with Crippen molar-refractivity contribution in [3.05, 3.63) is 70.5 Å². The van der Waals surface area contributed by atoms with Crippen molar-refractivity contribution in [2.24, 2.45) is 0 Å². The summed E-state index contributed by atoms with van der Waals surface area (Å²) in [4.78, 5) is 45.7. The summed E-state index contributed by atoms with van der Waals surface area (Å²) < 4.78 is 15.9. The van der Waals surface area contributed by atoms with E-state index in [1.54, 1.807) is 43.6 Å². The smallest absolute Gasteiger partial charge is 0.279 e. The van der Waals surface area contributed by atoms with E-state index in [1.807, 2.05) is 0 Å². The number of aromatic nitrogens is 5. The van der Waals surface area contributed by atoms with Crippen molar-refractivity contribution in [2.45, 2.75) is 25.6 Å². The van der Waals surface area contributed by atoms with Gasteiger partial charge in [-0.15, -0.1) is 5.10 Å². The molecule has 1 fully saturated rings. The highest BCUT2D eigenvalue weighted by atomic mass is 19.1. The molecule has 1 aliphatic rings. The lowest BCUT2D eigenvalue weighted by atomic mass is 10.2. The van der Waals surface area contributed by atoms with Crippen LogP contribution in [0.25, 0.3) is 11.5 Å². The normalized spacial score (nSPS) is 16.7. The maximum absolute atomic E-state index is 13.2. The molecule has 0 aromatic carbocycles. The predicted molar refractivity (Wildman–Crippen MR) is 126 cm³/mol. The summed E-state index contributed by atoms with van der Waals surface area (Å²) in [6.45, 7) is 1.44. The van der Waals surface area contributed by atoms with Crippen LogP contribution in [0, 0.1) is 0 Å². The van der Waals surface area contributed by atoms with Crippen LogP contribution in [0.2, 0.25) is 0 Å². The summed E-state index contributed by atoms with van der Waals surface area (Å²) in [5.74, 6) is 0.0144. The first-order chi connectivity index (χ1) is 16.9. The van der Waals surface area contributed by atoms with Crippen molar-refractivity contribution < 1.29 is 14.0 Å². The molecule has 0 bridgehead atoms. The van der Waals surface area contributed by atoms with Gasteiger partial charge >= 0.3 is 0 Å².